The number of nitrogens with one attached hydrogen (secondary N) is 1. The Hall–Kier alpha value is -1.55. The van der Waals surface area contributed by atoms with Crippen LogP contribution in [0.25, 0.3) is 0 Å². The van der Waals surface area contributed by atoms with Gasteiger partial charge in [0.2, 0.25) is 0 Å². The largest absolute Gasteiger partial charge is 0.496 e. The topological polar surface area (TPSA) is 58.6 Å². The van der Waals surface area contributed by atoms with Gasteiger partial charge in [-0.2, -0.15) is 0 Å². The Labute approximate surface area is 121 Å². The summed E-state index contributed by atoms with van der Waals surface area (Å²) in [4.78, 5) is 11.0. The van der Waals surface area contributed by atoms with E-state index in [1.807, 2.05) is 13.8 Å². The quantitative estimate of drug-likeness (QED) is 0.768. The average Bonchev–Trinajstić information content (AvgIpc) is 2.34. The predicted molar refractivity (Wildman–Crippen MR) is 80.5 cm³/mol. The number of aliphatic carboxylic acids is 1. The zero-order valence-electron chi connectivity index (χ0n) is 12.8. The summed E-state index contributed by atoms with van der Waals surface area (Å²) in [7, 11) is 1.66. The number of hydrogen-bond donors (Lipinski definition) is 2. The van der Waals surface area contributed by atoms with Crippen molar-refractivity contribution in [3.8, 4) is 5.75 Å². The predicted octanol–water partition coefficient (Wildman–Crippen LogP) is 2.70. The van der Waals surface area contributed by atoms with Crippen molar-refractivity contribution in [3.05, 3.63) is 28.8 Å². The first-order chi connectivity index (χ1) is 9.47. The summed E-state index contributed by atoms with van der Waals surface area (Å²) < 4.78 is 5.47. The summed E-state index contributed by atoms with van der Waals surface area (Å²) in [6.07, 6.45) is 1.77. The zero-order valence-corrected chi connectivity index (χ0v) is 12.8. The first-order valence-electron chi connectivity index (χ1n) is 7.07. The molecule has 112 valence electrons. The lowest BCUT2D eigenvalue weighted by molar-refractivity contribution is -0.137. The molecular formula is C16H25NO3. The van der Waals surface area contributed by atoms with Crippen LogP contribution in [-0.4, -0.2) is 30.8 Å². The van der Waals surface area contributed by atoms with E-state index in [-0.39, 0.29) is 12.5 Å². The second-order valence-corrected chi connectivity index (χ2v) is 5.23. The zero-order chi connectivity index (χ0) is 15.1. The van der Waals surface area contributed by atoms with Crippen LogP contribution in [0.5, 0.6) is 5.75 Å². The molecular weight excluding hydrogens is 254 g/mol. The Morgan fingerprint density at radius 1 is 1.40 bits per heavy atom. The van der Waals surface area contributed by atoms with Crippen molar-refractivity contribution in [1.29, 1.82) is 0 Å². The van der Waals surface area contributed by atoms with Gasteiger partial charge in [-0.25, -0.2) is 0 Å². The maximum absolute atomic E-state index is 11.0. The number of rotatable bonds is 8. The molecule has 1 atom stereocenters. The standard InChI is InChI=1S/C16H25NO3/c1-5-6-17-14(10-15(18)19)9-13-8-11(2)7-12(3)16(13)20-4/h7-8,14,17H,5-6,9-10H2,1-4H3,(H,18,19). The van der Waals surface area contributed by atoms with Crippen LogP contribution < -0.4 is 10.1 Å². The summed E-state index contributed by atoms with van der Waals surface area (Å²) in [5.41, 5.74) is 3.33. The molecule has 2 N–H and O–H groups in total. The van der Waals surface area contributed by atoms with Gasteiger partial charge in [0.15, 0.2) is 0 Å². The van der Waals surface area contributed by atoms with Crippen molar-refractivity contribution in [2.45, 2.75) is 46.1 Å². The molecule has 1 aromatic rings. The van der Waals surface area contributed by atoms with E-state index in [0.29, 0.717) is 6.42 Å². The maximum Gasteiger partial charge on any atom is 0.304 e. The highest BCUT2D eigenvalue weighted by Crippen LogP contribution is 2.26. The Morgan fingerprint density at radius 3 is 2.65 bits per heavy atom. The minimum absolute atomic E-state index is 0.0671. The Bertz CT molecular complexity index is 457. The molecule has 4 heteroatoms. The molecule has 0 saturated carbocycles. The van der Waals surface area contributed by atoms with Gasteiger partial charge in [0.25, 0.3) is 0 Å². The number of hydrogen-bond acceptors (Lipinski definition) is 3. The van der Waals surface area contributed by atoms with Crippen molar-refractivity contribution < 1.29 is 14.6 Å². The van der Waals surface area contributed by atoms with Crippen LogP contribution in [0.15, 0.2) is 12.1 Å². The number of carboxylic acid groups (broad SMARTS) is 1. The average molecular weight is 279 g/mol. The van der Waals surface area contributed by atoms with Gasteiger partial charge in [-0.3, -0.25) is 4.79 Å². The molecule has 0 heterocycles. The van der Waals surface area contributed by atoms with Crippen LogP contribution >= 0.6 is 0 Å². The van der Waals surface area contributed by atoms with Crippen LogP contribution in [0.1, 0.15) is 36.5 Å². The van der Waals surface area contributed by atoms with Crippen LogP contribution in [0.3, 0.4) is 0 Å². The van der Waals surface area contributed by atoms with E-state index in [9.17, 15) is 4.79 Å². The molecule has 0 spiro atoms. The fourth-order valence-electron chi connectivity index (χ4n) is 2.53. The van der Waals surface area contributed by atoms with Crippen LogP contribution in [-0.2, 0) is 11.2 Å². The van der Waals surface area contributed by atoms with E-state index < -0.39 is 5.97 Å². The fraction of sp³-hybridized carbons (Fsp3) is 0.562. The lowest BCUT2D eigenvalue weighted by atomic mass is 9.98. The molecule has 0 saturated heterocycles. The summed E-state index contributed by atoms with van der Waals surface area (Å²) in [5.74, 6) is 0.0891. The summed E-state index contributed by atoms with van der Waals surface area (Å²) >= 11 is 0. The molecule has 4 nitrogen and oxygen atoms in total. The molecule has 1 rings (SSSR count). The van der Waals surface area contributed by atoms with Crippen LogP contribution in [0, 0.1) is 13.8 Å². The second kappa shape index (κ2) is 7.90. The lowest BCUT2D eigenvalue weighted by Crippen LogP contribution is -2.34. The molecule has 0 amide bonds. The highest BCUT2D eigenvalue weighted by atomic mass is 16.5. The van der Waals surface area contributed by atoms with E-state index in [4.69, 9.17) is 9.84 Å². The Morgan fingerprint density at radius 2 is 2.10 bits per heavy atom. The van der Waals surface area contributed by atoms with Crippen molar-refractivity contribution in [2.75, 3.05) is 13.7 Å². The van der Waals surface area contributed by atoms with Crippen molar-refractivity contribution in [3.63, 3.8) is 0 Å². The third kappa shape index (κ3) is 4.85. The minimum atomic E-state index is -0.776. The smallest absolute Gasteiger partial charge is 0.304 e. The fourth-order valence-corrected chi connectivity index (χ4v) is 2.53. The Balaban J connectivity index is 2.93. The van der Waals surface area contributed by atoms with Crippen molar-refractivity contribution >= 4 is 5.97 Å². The van der Waals surface area contributed by atoms with E-state index in [1.54, 1.807) is 7.11 Å². The first-order valence-corrected chi connectivity index (χ1v) is 7.07. The number of carboxylic acids is 1. The third-order valence-electron chi connectivity index (χ3n) is 3.27. The van der Waals surface area contributed by atoms with Crippen LogP contribution in [0.4, 0.5) is 0 Å². The van der Waals surface area contributed by atoms with Crippen molar-refractivity contribution in [1.82, 2.24) is 5.32 Å². The number of aryl methyl sites for hydroxylation is 2. The second-order valence-electron chi connectivity index (χ2n) is 5.23. The monoisotopic (exact) mass is 279 g/mol. The number of carbonyl (C=O) groups is 1. The highest BCUT2D eigenvalue weighted by molar-refractivity contribution is 5.67. The molecule has 1 unspecified atom stereocenters. The number of ether oxygens (including phenoxy) is 1. The van der Waals surface area contributed by atoms with Gasteiger partial charge in [0.05, 0.1) is 13.5 Å². The van der Waals surface area contributed by atoms with E-state index in [1.165, 1.54) is 5.56 Å². The van der Waals surface area contributed by atoms with Gasteiger partial charge < -0.3 is 15.2 Å². The Kier molecular flexibility index (Phi) is 6.52. The van der Waals surface area contributed by atoms with E-state index in [2.05, 4.69) is 24.4 Å². The first kappa shape index (κ1) is 16.5. The van der Waals surface area contributed by atoms with Crippen molar-refractivity contribution in [2.24, 2.45) is 0 Å². The molecule has 0 aromatic heterocycles. The molecule has 1 aromatic carbocycles. The highest BCUT2D eigenvalue weighted by Gasteiger charge is 2.16. The summed E-state index contributed by atoms with van der Waals surface area (Å²) in [5, 5.41) is 12.3. The normalized spacial score (nSPS) is 12.2. The van der Waals surface area contributed by atoms with Gasteiger partial charge in [-0.15, -0.1) is 0 Å². The van der Waals surface area contributed by atoms with E-state index in [0.717, 1.165) is 29.8 Å². The number of methoxy groups -OCH3 is 1. The molecule has 0 aliphatic rings. The van der Waals surface area contributed by atoms with Gasteiger partial charge in [-0.05, 0) is 44.4 Å². The number of benzene rings is 1. The minimum Gasteiger partial charge on any atom is -0.496 e. The SMILES string of the molecule is CCCNC(CC(=O)O)Cc1cc(C)cc(C)c1OC. The van der Waals surface area contributed by atoms with Gasteiger partial charge in [-0.1, -0.05) is 24.6 Å². The van der Waals surface area contributed by atoms with E-state index >= 15 is 0 Å². The third-order valence-corrected chi connectivity index (χ3v) is 3.27. The van der Waals surface area contributed by atoms with Gasteiger partial charge >= 0.3 is 5.97 Å². The maximum atomic E-state index is 11.0. The molecule has 0 fully saturated rings. The molecule has 0 aliphatic heterocycles. The molecule has 0 radical (unpaired) electrons. The van der Waals surface area contributed by atoms with Gasteiger partial charge in [0.1, 0.15) is 5.75 Å². The molecule has 0 bridgehead atoms. The van der Waals surface area contributed by atoms with Gasteiger partial charge in [0, 0.05) is 6.04 Å². The lowest BCUT2D eigenvalue weighted by Gasteiger charge is -2.19. The molecule has 20 heavy (non-hydrogen) atoms. The molecule has 0 aliphatic carbocycles. The van der Waals surface area contributed by atoms with Crippen LogP contribution in [0.2, 0.25) is 0 Å². The summed E-state index contributed by atoms with van der Waals surface area (Å²) in [6.45, 7) is 6.95. The summed E-state index contributed by atoms with van der Waals surface area (Å²) in [6, 6.07) is 4.09.